The van der Waals surface area contributed by atoms with Gasteiger partial charge in [-0.05, 0) is 70.6 Å². The molecule has 0 amide bonds. The maximum absolute atomic E-state index is 12.7. The Morgan fingerprint density at radius 3 is 1.61 bits per heavy atom. The first-order chi connectivity index (χ1) is 26.4. The molecule has 0 radical (unpaired) electrons. The van der Waals surface area contributed by atoms with Gasteiger partial charge in [0.25, 0.3) is 0 Å². The molecule has 6 atom stereocenters. The maximum Gasteiger partial charge on any atom is 0.310 e. The van der Waals surface area contributed by atoms with Gasteiger partial charge in [-0.3, -0.25) is 4.79 Å². The summed E-state index contributed by atoms with van der Waals surface area (Å²) in [6.45, 7) is 4.14. The SMILES string of the molecule is CC/C=C\C/C=C\C/C=C\C/C=C\C/C=C\CC(=O)OC(COCCCCCCCC/C=C\C/C=C\C/C=C\CC)COC1OC(CO)C(O)C(O)C1O. The molecule has 54 heavy (non-hydrogen) atoms. The molecule has 9 heteroatoms. The van der Waals surface area contributed by atoms with Gasteiger partial charge < -0.3 is 39.4 Å². The predicted molar refractivity (Wildman–Crippen MR) is 219 cm³/mol. The van der Waals surface area contributed by atoms with Gasteiger partial charge in [0.05, 0.1) is 26.2 Å². The number of aliphatic hydroxyl groups excluding tert-OH is 4. The van der Waals surface area contributed by atoms with E-state index in [2.05, 4.69) is 98.9 Å². The van der Waals surface area contributed by atoms with Crippen LogP contribution in [0.1, 0.15) is 117 Å². The molecule has 6 unspecified atom stereocenters. The van der Waals surface area contributed by atoms with E-state index >= 15 is 0 Å². The minimum absolute atomic E-state index is 0.0772. The van der Waals surface area contributed by atoms with Crippen LogP contribution < -0.4 is 0 Å². The van der Waals surface area contributed by atoms with Crippen LogP contribution in [-0.4, -0.2) is 89.6 Å². The second kappa shape index (κ2) is 35.8. The zero-order valence-corrected chi connectivity index (χ0v) is 33.2. The first-order valence-corrected chi connectivity index (χ1v) is 20.3. The maximum atomic E-state index is 12.7. The Bertz CT molecular complexity index is 1130. The van der Waals surface area contributed by atoms with Crippen LogP contribution in [0.2, 0.25) is 0 Å². The molecular weight excluding hydrogens is 684 g/mol. The lowest BCUT2D eigenvalue weighted by Crippen LogP contribution is -2.59. The summed E-state index contributed by atoms with van der Waals surface area (Å²) in [5, 5.41) is 40.0. The molecular formula is C45H72O9. The highest BCUT2D eigenvalue weighted by atomic mass is 16.7. The summed E-state index contributed by atoms with van der Waals surface area (Å²) in [5.74, 6) is -0.450. The van der Waals surface area contributed by atoms with Gasteiger partial charge in [0.1, 0.15) is 30.5 Å². The minimum Gasteiger partial charge on any atom is -0.457 e. The topological polar surface area (TPSA) is 135 Å². The van der Waals surface area contributed by atoms with Gasteiger partial charge in [0, 0.05) is 6.61 Å². The summed E-state index contributed by atoms with van der Waals surface area (Å²) in [6, 6.07) is 0. The van der Waals surface area contributed by atoms with E-state index in [1.165, 1.54) is 19.3 Å². The van der Waals surface area contributed by atoms with E-state index in [0.717, 1.165) is 70.6 Å². The van der Waals surface area contributed by atoms with E-state index in [4.69, 9.17) is 18.9 Å². The third kappa shape index (κ3) is 26.8. The Morgan fingerprint density at radius 2 is 1.07 bits per heavy atom. The average Bonchev–Trinajstić information content (AvgIpc) is 3.17. The molecule has 0 saturated carbocycles. The molecule has 0 aliphatic carbocycles. The van der Waals surface area contributed by atoms with Crippen molar-refractivity contribution >= 4 is 5.97 Å². The monoisotopic (exact) mass is 757 g/mol. The lowest BCUT2D eigenvalue weighted by molar-refractivity contribution is -0.305. The Kier molecular flexibility index (Phi) is 32.6. The van der Waals surface area contributed by atoms with E-state index in [1.54, 1.807) is 6.08 Å². The Balaban J connectivity index is 2.39. The van der Waals surface area contributed by atoms with Crippen LogP contribution in [0.5, 0.6) is 0 Å². The van der Waals surface area contributed by atoms with Gasteiger partial charge in [-0.2, -0.15) is 0 Å². The molecule has 0 aromatic rings. The van der Waals surface area contributed by atoms with E-state index in [-0.39, 0.29) is 19.6 Å². The third-order valence-corrected chi connectivity index (χ3v) is 8.53. The Hall–Kier alpha value is -2.89. The molecule has 1 heterocycles. The predicted octanol–water partition coefficient (Wildman–Crippen LogP) is 8.46. The van der Waals surface area contributed by atoms with Crippen molar-refractivity contribution in [3.63, 3.8) is 0 Å². The number of aliphatic hydroxyl groups is 4. The first kappa shape index (κ1) is 49.1. The van der Waals surface area contributed by atoms with Crippen LogP contribution >= 0.6 is 0 Å². The second-order valence-corrected chi connectivity index (χ2v) is 13.3. The molecule has 0 bridgehead atoms. The Morgan fingerprint density at radius 1 is 0.593 bits per heavy atom. The number of ether oxygens (including phenoxy) is 4. The van der Waals surface area contributed by atoms with Gasteiger partial charge in [-0.1, -0.05) is 137 Å². The third-order valence-electron chi connectivity index (χ3n) is 8.53. The number of rotatable bonds is 32. The number of esters is 1. The van der Waals surface area contributed by atoms with Crippen LogP contribution in [0.25, 0.3) is 0 Å². The highest BCUT2D eigenvalue weighted by Gasteiger charge is 2.44. The standard InChI is InChI=1S/C45H72O9/c1-3-5-7-9-11-13-15-17-19-21-23-25-27-29-31-33-35-51-37-39(38-52-45-44(50)43(49)42(48)40(36-46)54-45)53-41(47)34-32-30-28-26-24-22-20-18-16-14-12-10-8-6-4-2/h5-8,11-14,17-20,24,26,30,32,39-40,42-46,48-50H,3-4,9-10,15-16,21-23,25,27-29,31,33-38H2,1-2H3/b7-5-,8-6-,13-11-,14-12-,19-17-,20-18-,26-24-,32-30-. The van der Waals surface area contributed by atoms with E-state index in [1.807, 2.05) is 6.08 Å². The van der Waals surface area contributed by atoms with Crippen molar-refractivity contribution in [1.82, 2.24) is 0 Å². The number of allylic oxidation sites excluding steroid dienone is 15. The van der Waals surface area contributed by atoms with Crippen molar-refractivity contribution in [2.45, 2.75) is 153 Å². The van der Waals surface area contributed by atoms with Crippen molar-refractivity contribution in [3.05, 3.63) is 97.2 Å². The fraction of sp³-hybridized carbons (Fsp3) is 0.622. The van der Waals surface area contributed by atoms with E-state index in [9.17, 15) is 25.2 Å². The summed E-state index contributed by atoms with van der Waals surface area (Å²) in [4.78, 5) is 12.7. The molecule has 1 rings (SSSR count). The number of hydrogen-bond acceptors (Lipinski definition) is 9. The molecule has 0 aromatic heterocycles. The normalized spacial score (nSPS) is 21.9. The van der Waals surface area contributed by atoms with Crippen molar-refractivity contribution in [3.8, 4) is 0 Å². The molecule has 306 valence electrons. The second-order valence-electron chi connectivity index (χ2n) is 13.3. The van der Waals surface area contributed by atoms with Gasteiger partial charge in [-0.15, -0.1) is 0 Å². The molecule has 1 fully saturated rings. The van der Waals surface area contributed by atoms with Crippen LogP contribution in [0.3, 0.4) is 0 Å². The molecule has 0 spiro atoms. The fourth-order valence-corrected chi connectivity index (χ4v) is 5.40. The highest BCUT2D eigenvalue weighted by molar-refractivity contribution is 5.71. The molecule has 4 N–H and O–H groups in total. The van der Waals surface area contributed by atoms with Crippen molar-refractivity contribution in [2.24, 2.45) is 0 Å². The summed E-state index contributed by atoms with van der Waals surface area (Å²) < 4.78 is 22.6. The van der Waals surface area contributed by atoms with Crippen LogP contribution in [-0.2, 0) is 23.7 Å². The smallest absolute Gasteiger partial charge is 0.310 e. The summed E-state index contributed by atoms with van der Waals surface area (Å²) in [7, 11) is 0. The Labute approximate surface area is 326 Å². The van der Waals surface area contributed by atoms with Crippen molar-refractivity contribution < 1.29 is 44.2 Å². The van der Waals surface area contributed by atoms with E-state index in [0.29, 0.717) is 13.0 Å². The number of unbranched alkanes of at least 4 members (excludes halogenated alkanes) is 6. The van der Waals surface area contributed by atoms with Gasteiger partial charge in [0.15, 0.2) is 6.29 Å². The van der Waals surface area contributed by atoms with Gasteiger partial charge in [-0.25, -0.2) is 0 Å². The summed E-state index contributed by atoms with van der Waals surface area (Å²) in [5.41, 5.74) is 0. The van der Waals surface area contributed by atoms with Gasteiger partial charge in [0.2, 0.25) is 0 Å². The van der Waals surface area contributed by atoms with Crippen molar-refractivity contribution in [1.29, 1.82) is 0 Å². The van der Waals surface area contributed by atoms with Crippen LogP contribution in [0, 0.1) is 0 Å². The van der Waals surface area contributed by atoms with Gasteiger partial charge >= 0.3 is 5.97 Å². The zero-order valence-electron chi connectivity index (χ0n) is 33.2. The first-order valence-electron chi connectivity index (χ1n) is 20.3. The summed E-state index contributed by atoms with van der Waals surface area (Å²) in [6.07, 6.45) is 41.7. The lowest BCUT2D eigenvalue weighted by Gasteiger charge is -2.39. The largest absolute Gasteiger partial charge is 0.457 e. The number of hydrogen-bond donors (Lipinski definition) is 4. The highest BCUT2D eigenvalue weighted by Crippen LogP contribution is 2.22. The number of carbonyl (C=O) groups is 1. The molecule has 9 nitrogen and oxygen atoms in total. The lowest BCUT2D eigenvalue weighted by atomic mass is 9.99. The van der Waals surface area contributed by atoms with Crippen LogP contribution in [0.4, 0.5) is 0 Å². The number of carbonyl (C=O) groups excluding carboxylic acids is 1. The average molecular weight is 757 g/mol. The summed E-state index contributed by atoms with van der Waals surface area (Å²) >= 11 is 0. The molecule has 1 aliphatic heterocycles. The van der Waals surface area contributed by atoms with Crippen molar-refractivity contribution in [2.75, 3.05) is 26.4 Å². The molecule has 1 saturated heterocycles. The fourth-order valence-electron chi connectivity index (χ4n) is 5.40. The zero-order chi connectivity index (χ0) is 39.3. The quantitative estimate of drug-likeness (QED) is 0.0303. The molecule has 1 aliphatic rings. The molecule has 0 aromatic carbocycles. The minimum atomic E-state index is -1.56. The van der Waals surface area contributed by atoms with E-state index < -0.39 is 49.4 Å². The van der Waals surface area contributed by atoms with Crippen LogP contribution in [0.15, 0.2) is 97.2 Å².